The number of rotatable bonds is 24. The summed E-state index contributed by atoms with van der Waals surface area (Å²) >= 11 is 0. The molecule has 0 spiro atoms. The van der Waals surface area contributed by atoms with Gasteiger partial charge in [-0.1, -0.05) is 30.4 Å². The molecule has 0 aliphatic carbocycles. The topological polar surface area (TPSA) is 55.4 Å². The average molecular weight is 477 g/mol. The monoisotopic (exact) mass is 476 g/mol. The standard InChI is InChI=1S/C28H44O6/c1-5-8-18-33-24-28(22-31-16-6-2,23-32-17-7-3)25-34-20-11-9-10-19-30-21-26-12-14-27(29-4)15-13-26/h5-7,12-15H,1-3,8-11,16-25H2,4H3. The van der Waals surface area contributed by atoms with Crippen molar-refractivity contribution in [1.29, 1.82) is 0 Å². The second-order valence-electron chi connectivity index (χ2n) is 8.25. The van der Waals surface area contributed by atoms with Gasteiger partial charge in [-0.25, -0.2) is 0 Å². The van der Waals surface area contributed by atoms with E-state index in [1.54, 1.807) is 19.3 Å². The smallest absolute Gasteiger partial charge is 0.118 e. The van der Waals surface area contributed by atoms with Gasteiger partial charge >= 0.3 is 0 Å². The summed E-state index contributed by atoms with van der Waals surface area (Å²) < 4.78 is 34.4. The third kappa shape index (κ3) is 14.3. The maximum Gasteiger partial charge on any atom is 0.118 e. The van der Waals surface area contributed by atoms with Crippen molar-refractivity contribution in [3.05, 3.63) is 67.8 Å². The number of hydrogen-bond donors (Lipinski definition) is 0. The Morgan fingerprint density at radius 2 is 1.24 bits per heavy atom. The Kier molecular flexibility index (Phi) is 18.1. The summed E-state index contributed by atoms with van der Waals surface area (Å²) in [6, 6.07) is 7.95. The molecule has 1 rings (SSSR count). The van der Waals surface area contributed by atoms with Crippen LogP contribution < -0.4 is 4.74 Å². The lowest BCUT2D eigenvalue weighted by Crippen LogP contribution is -2.42. The molecular weight excluding hydrogens is 432 g/mol. The zero-order valence-electron chi connectivity index (χ0n) is 21.0. The molecule has 192 valence electrons. The molecule has 0 atom stereocenters. The van der Waals surface area contributed by atoms with Crippen molar-refractivity contribution in [2.75, 3.05) is 66.6 Å². The van der Waals surface area contributed by atoms with Crippen molar-refractivity contribution in [3.63, 3.8) is 0 Å². The summed E-state index contributed by atoms with van der Waals surface area (Å²) in [6.07, 6.45) is 9.16. The summed E-state index contributed by atoms with van der Waals surface area (Å²) in [6.45, 7) is 16.7. The third-order valence-corrected chi connectivity index (χ3v) is 5.08. The minimum Gasteiger partial charge on any atom is -0.497 e. The van der Waals surface area contributed by atoms with Crippen LogP contribution in [0.15, 0.2) is 62.2 Å². The summed E-state index contributed by atoms with van der Waals surface area (Å²) in [4.78, 5) is 0. The Morgan fingerprint density at radius 3 is 1.79 bits per heavy atom. The fraction of sp³-hybridized carbons (Fsp3) is 0.571. The Labute approximate surface area is 206 Å². The lowest BCUT2D eigenvalue weighted by Gasteiger charge is -2.32. The summed E-state index contributed by atoms with van der Waals surface area (Å²) in [7, 11) is 1.67. The molecule has 0 N–H and O–H groups in total. The molecule has 34 heavy (non-hydrogen) atoms. The largest absolute Gasteiger partial charge is 0.497 e. The molecule has 0 amide bonds. The maximum absolute atomic E-state index is 6.05. The van der Waals surface area contributed by atoms with E-state index in [-0.39, 0.29) is 5.41 Å². The zero-order valence-corrected chi connectivity index (χ0v) is 21.0. The lowest BCUT2D eigenvalue weighted by atomic mass is 9.92. The van der Waals surface area contributed by atoms with E-state index in [4.69, 9.17) is 28.4 Å². The molecule has 0 saturated heterocycles. The van der Waals surface area contributed by atoms with Crippen LogP contribution in [0.4, 0.5) is 0 Å². The third-order valence-electron chi connectivity index (χ3n) is 5.08. The lowest BCUT2D eigenvalue weighted by molar-refractivity contribution is -0.100. The van der Waals surface area contributed by atoms with E-state index in [0.29, 0.717) is 59.5 Å². The van der Waals surface area contributed by atoms with Crippen molar-refractivity contribution in [3.8, 4) is 5.75 Å². The number of benzene rings is 1. The second-order valence-corrected chi connectivity index (χ2v) is 8.25. The maximum atomic E-state index is 6.05. The second kappa shape index (κ2) is 20.4. The van der Waals surface area contributed by atoms with Crippen LogP contribution in [0.1, 0.15) is 31.2 Å². The molecule has 0 aliphatic rings. The minimum absolute atomic E-state index is 0.380. The van der Waals surface area contributed by atoms with Gasteiger partial charge in [-0.2, -0.15) is 0 Å². The molecular formula is C28H44O6. The van der Waals surface area contributed by atoms with E-state index in [9.17, 15) is 0 Å². The van der Waals surface area contributed by atoms with Crippen LogP contribution in [0.2, 0.25) is 0 Å². The highest BCUT2D eigenvalue weighted by Gasteiger charge is 2.32. The Balaban J connectivity index is 2.33. The highest BCUT2D eigenvalue weighted by Crippen LogP contribution is 2.21. The van der Waals surface area contributed by atoms with Crippen LogP contribution in [-0.2, 0) is 30.3 Å². The SMILES string of the molecule is C=CCCOCC(COCC=C)(COCC=C)COCCCCCOCc1ccc(OC)cc1. The first kappa shape index (κ1) is 30.1. The van der Waals surface area contributed by atoms with Gasteiger partial charge in [-0.3, -0.25) is 0 Å². The quantitative estimate of drug-likeness (QED) is 0.147. The Hall–Kier alpha value is -1.96. The molecule has 6 heteroatoms. The first-order valence-electron chi connectivity index (χ1n) is 12.0. The number of ether oxygens (including phenoxy) is 6. The van der Waals surface area contributed by atoms with Gasteiger partial charge in [0.05, 0.1) is 65.4 Å². The Morgan fingerprint density at radius 1 is 0.676 bits per heavy atom. The average Bonchev–Trinajstić information content (AvgIpc) is 2.86. The molecule has 0 bridgehead atoms. The summed E-state index contributed by atoms with van der Waals surface area (Å²) in [5.74, 6) is 0.857. The predicted octanol–water partition coefficient (Wildman–Crippen LogP) is 5.38. The molecule has 0 aromatic heterocycles. The van der Waals surface area contributed by atoms with Crippen molar-refractivity contribution in [1.82, 2.24) is 0 Å². The van der Waals surface area contributed by atoms with Crippen molar-refractivity contribution >= 4 is 0 Å². The molecule has 6 nitrogen and oxygen atoms in total. The van der Waals surface area contributed by atoms with Crippen LogP contribution in [0.5, 0.6) is 5.75 Å². The van der Waals surface area contributed by atoms with Gasteiger partial charge in [0, 0.05) is 13.2 Å². The molecule has 0 fully saturated rings. The van der Waals surface area contributed by atoms with Gasteiger partial charge < -0.3 is 28.4 Å². The molecule has 0 saturated carbocycles. The highest BCUT2D eigenvalue weighted by molar-refractivity contribution is 5.26. The van der Waals surface area contributed by atoms with Gasteiger partial charge in [0.1, 0.15) is 5.75 Å². The van der Waals surface area contributed by atoms with Crippen molar-refractivity contribution < 1.29 is 28.4 Å². The number of hydrogen-bond acceptors (Lipinski definition) is 6. The summed E-state index contributed by atoms with van der Waals surface area (Å²) in [5, 5.41) is 0. The van der Waals surface area contributed by atoms with Gasteiger partial charge in [0.25, 0.3) is 0 Å². The molecule has 1 aromatic rings. The molecule has 0 radical (unpaired) electrons. The van der Waals surface area contributed by atoms with E-state index in [0.717, 1.165) is 43.6 Å². The first-order chi connectivity index (χ1) is 16.7. The van der Waals surface area contributed by atoms with Gasteiger partial charge in [-0.05, 0) is 43.4 Å². The molecule has 1 aromatic carbocycles. The van der Waals surface area contributed by atoms with E-state index in [1.807, 2.05) is 30.3 Å². The molecule has 0 heterocycles. The summed E-state index contributed by atoms with van der Waals surface area (Å²) in [5.41, 5.74) is 0.766. The highest BCUT2D eigenvalue weighted by atomic mass is 16.5. The van der Waals surface area contributed by atoms with Crippen molar-refractivity contribution in [2.24, 2.45) is 5.41 Å². The fourth-order valence-corrected chi connectivity index (χ4v) is 3.21. The van der Waals surface area contributed by atoms with E-state index in [2.05, 4.69) is 19.7 Å². The van der Waals surface area contributed by atoms with Crippen molar-refractivity contribution in [2.45, 2.75) is 32.3 Å². The van der Waals surface area contributed by atoms with Crippen LogP contribution in [0.25, 0.3) is 0 Å². The first-order valence-corrected chi connectivity index (χ1v) is 12.0. The van der Waals surface area contributed by atoms with E-state index >= 15 is 0 Å². The Bertz CT molecular complexity index is 629. The molecule has 0 unspecified atom stereocenters. The normalized spacial score (nSPS) is 11.3. The van der Waals surface area contributed by atoms with E-state index in [1.165, 1.54) is 0 Å². The number of unbranched alkanes of at least 4 members (excludes halogenated alkanes) is 2. The fourth-order valence-electron chi connectivity index (χ4n) is 3.21. The van der Waals surface area contributed by atoms with Crippen LogP contribution in [0.3, 0.4) is 0 Å². The zero-order chi connectivity index (χ0) is 24.7. The minimum atomic E-state index is -0.380. The van der Waals surface area contributed by atoms with Crippen LogP contribution in [-0.4, -0.2) is 66.6 Å². The van der Waals surface area contributed by atoms with Gasteiger partial charge in [0.15, 0.2) is 0 Å². The van der Waals surface area contributed by atoms with Crippen LogP contribution in [0, 0.1) is 5.41 Å². The van der Waals surface area contributed by atoms with Gasteiger partial charge in [-0.15, -0.1) is 19.7 Å². The predicted molar refractivity (Wildman–Crippen MR) is 137 cm³/mol. The van der Waals surface area contributed by atoms with E-state index < -0.39 is 0 Å². The van der Waals surface area contributed by atoms with Crippen LogP contribution >= 0.6 is 0 Å². The van der Waals surface area contributed by atoms with Gasteiger partial charge in [0.2, 0.25) is 0 Å². The molecule has 0 aliphatic heterocycles. The number of methoxy groups -OCH3 is 1.